The lowest BCUT2D eigenvalue weighted by atomic mass is 10.2. The molecule has 1 aromatic rings. The van der Waals surface area contributed by atoms with Crippen LogP contribution >= 0.6 is 12.4 Å². The molecule has 0 aliphatic carbocycles. The van der Waals surface area contributed by atoms with E-state index >= 15 is 0 Å². The number of hydrogen-bond donors (Lipinski definition) is 1. The van der Waals surface area contributed by atoms with Crippen molar-refractivity contribution in [2.45, 2.75) is 46.7 Å². The smallest absolute Gasteiger partial charge is 0.0537 e. The Balaban J connectivity index is 0.00000196. The van der Waals surface area contributed by atoms with Crippen molar-refractivity contribution in [3.8, 4) is 0 Å². The average molecular weight is 232 g/mol. The van der Waals surface area contributed by atoms with Crippen molar-refractivity contribution in [3.63, 3.8) is 0 Å². The lowest BCUT2D eigenvalue weighted by Gasteiger charge is -2.09. The van der Waals surface area contributed by atoms with E-state index in [2.05, 4.69) is 42.8 Å². The molecule has 0 bridgehead atoms. The summed E-state index contributed by atoms with van der Waals surface area (Å²) in [5.74, 6) is 0. The van der Waals surface area contributed by atoms with Crippen LogP contribution in [0.25, 0.3) is 0 Å². The Kier molecular flexibility index (Phi) is 6.61. The quantitative estimate of drug-likeness (QED) is 0.790. The van der Waals surface area contributed by atoms with Gasteiger partial charge in [-0.15, -0.1) is 12.4 Å². The molecule has 1 aromatic heterocycles. The van der Waals surface area contributed by atoms with Crippen LogP contribution in [0.15, 0.2) is 6.20 Å². The Labute approximate surface area is 98.7 Å². The first-order chi connectivity index (χ1) is 6.66. The zero-order valence-corrected chi connectivity index (χ0v) is 10.9. The third-order valence-electron chi connectivity index (χ3n) is 2.38. The summed E-state index contributed by atoms with van der Waals surface area (Å²) in [7, 11) is 0. The van der Waals surface area contributed by atoms with Crippen LogP contribution in [0.3, 0.4) is 0 Å². The maximum Gasteiger partial charge on any atom is 0.0537 e. The van der Waals surface area contributed by atoms with Crippen molar-refractivity contribution < 1.29 is 0 Å². The predicted octanol–water partition coefficient (Wildman–Crippen LogP) is 2.69. The highest BCUT2D eigenvalue weighted by Crippen LogP contribution is 2.12. The second kappa shape index (κ2) is 6.85. The summed E-state index contributed by atoms with van der Waals surface area (Å²) in [6, 6.07) is 0.454. The van der Waals surface area contributed by atoms with Gasteiger partial charge in [0, 0.05) is 23.8 Å². The van der Waals surface area contributed by atoms with Crippen LogP contribution in [0, 0.1) is 6.92 Å². The van der Waals surface area contributed by atoms with E-state index < -0.39 is 0 Å². The summed E-state index contributed by atoms with van der Waals surface area (Å²) in [5.41, 5.74) is 2.59. The van der Waals surface area contributed by atoms with E-state index in [0.717, 1.165) is 13.1 Å². The highest BCUT2D eigenvalue weighted by Gasteiger charge is 2.07. The summed E-state index contributed by atoms with van der Waals surface area (Å²) in [5, 5.41) is 7.76. The van der Waals surface area contributed by atoms with Crippen LogP contribution in [-0.2, 0) is 6.54 Å². The molecule has 4 heteroatoms. The number of hydrogen-bond acceptors (Lipinski definition) is 2. The zero-order chi connectivity index (χ0) is 10.6. The highest BCUT2D eigenvalue weighted by atomic mass is 35.5. The normalized spacial score (nSPS) is 10.5. The molecular formula is C11H22ClN3. The number of nitrogens with one attached hydrogen (secondary N) is 1. The second-order valence-electron chi connectivity index (χ2n) is 3.97. The van der Waals surface area contributed by atoms with Crippen LogP contribution in [0.4, 0.5) is 0 Å². The standard InChI is InChI=1S/C11H21N3.ClH/c1-5-6-12-7-11-8-13-14(9(2)3)10(11)4;/h8-9,12H,5-7H2,1-4H3;1H. The maximum atomic E-state index is 4.37. The highest BCUT2D eigenvalue weighted by molar-refractivity contribution is 5.85. The van der Waals surface area contributed by atoms with Gasteiger partial charge >= 0.3 is 0 Å². The Morgan fingerprint density at radius 1 is 1.47 bits per heavy atom. The summed E-state index contributed by atoms with van der Waals surface area (Å²) in [6.45, 7) is 10.6. The van der Waals surface area contributed by atoms with Gasteiger partial charge in [-0.2, -0.15) is 5.10 Å². The fourth-order valence-corrected chi connectivity index (χ4v) is 1.55. The molecule has 3 nitrogen and oxygen atoms in total. The third-order valence-corrected chi connectivity index (χ3v) is 2.38. The molecule has 15 heavy (non-hydrogen) atoms. The molecule has 0 unspecified atom stereocenters. The van der Waals surface area contributed by atoms with Gasteiger partial charge in [-0.25, -0.2) is 0 Å². The second-order valence-corrected chi connectivity index (χ2v) is 3.97. The summed E-state index contributed by atoms with van der Waals surface area (Å²) >= 11 is 0. The third kappa shape index (κ3) is 3.84. The Morgan fingerprint density at radius 3 is 2.60 bits per heavy atom. The molecule has 0 aromatic carbocycles. The molecule has 1 heterocycles. The Bertz CT molecular complexity index is 281. The molecule has 0 radical (unpaired) electrons. The first-order valence-electron chi connectivity index (χ1n) is 5.40. The van der Waals surface area contributed by atoms with Crippen LogP contribution in [0.1, 0.15) is 44.5 Å². The molecule has 0 amide bonds. The fourth-order valence-electron chi connectivity index (χ4n) is 1.55. The minimum Gasteiger partial charge on any atom is -0.313 e. The van der Waals surface area contributed by atoms with Crippen molar-refractivity contribution in [1.29, 1.82) is 0 Å². The molecule has 1 N–H and O–H groups in total. The summed E-state index contributed by atoms with van der Waals surface area (Å²) in [4.78, 5) is 0. The van der Waals surface area contributed by atoms with Crippen LogP contribution in [-0.4, -0.2) is 16.3 Å². The Morgan fingerprint density at radius 2 is 2.13 bits per heavy atom. The minimum absolute atomic E-state index is 0. The maximum absolute atomic E-state index is 4.37. The van der Waals surface area contributed by atoms with Gasteiger partial charge in [0.05, 0.1) is 6.20 Å². The number of halogens is 1. The summed E-state index contributed by atoms with van der Waals surface area (Å²) in [6.07, 6.45) is 3.15. The molecule has 0 aliphatic rings. The molecule has 0 spiro atoms. The van der Waals surface area contributed by atoms with Crippen molar-refractivity contribution in [3.05, 3.63) is 17.5 Å². The van der Waals surface area contributed by atoms with Crippen LogP contribution in [0.5, 0.6) is 0 Å². The largest absolute Gasteiger partial charge is 0.313 e. The van der Waals surface area contributed by atoms with Crippen molar-refractivity contribution >= 4 is 12.4 Å². The Hall–Kier alpha value is -0.540. The van der Waals surface area contributed by atoms with E-state index in [4.69, 9.17) is 0 Å². The molecule has 0 fully saturated rings. The lowest BCUT2D eigenvalue weighted by molar-refractivity contribution is 0.517. The SMILES string of the molecule is CCCNCc1cnn(C(C)C)c1C.Cl. The van der Waals surface area contributed by atoms with Crippen molar-refractivity contribution in [2.75, 3.05) is 6.54 Å². The van der Waals surface area contributed by atoms with Crippen molar-refractivity contribution in [2.24, 2.45) is 0 Å². The first kappa shape index (κ1) is 14.5. The van der Waals surface area contributed by atoms with Gasteiger partial charge in [-0.05, 0) is 33.7 Å². The average Bonchev–Trinajstić information content (AvgIpc) is 2.48. The van der Waals surface area contributed by atoms with Gasteiger partial charge in [-0.3, -0.25) is 4.68 Å². The van der Waals surface area contributed by atoms with E-state index in [9.17, 15) is 0 Å². The molecule has 88 valence electrons. The van der Waals surface area contributed by atoms with E-state index in [-0.39, 0.29) is 12.4 Å². The van der Waals surface area contributed by atoms with Crippen molar-refractivity contribution in [1.82, 2.24) is 15.1 Å². The molecule has 0 atom stereocenters. The van der Waals surface area contributed by atoms with Gasteiger partial charge in [0.2, 0.25) is 0 Å². The fraction of sp³-hybridized carbons (Fsp3) is 0.727. The van der Waals surface area contributed by atoms with E-state index in [1.54, 1.807) is 0 Å². The van der Waals surface area contributed by atoms with Gasteiger partial charge in [0.15, 0.2) is 0 Å². The molecule has 0 aliphatic heterocycles. The van der Waals surface area contributed by atoms with E-state index in [1.807, 2.05) is 6.20 Å². The topological polar surface area (TPSA) is 29.9 Å². The van der Waals surface area contributed by atoms with Gasteiger partial charge in [0.25, 0.3) is 0 Å². The van der Waals surface area contributed by atoms with E-state index in [0.29, 0.717) is 6.04 Å². The molecule has 1 rings (SSSR count). The monoisotopic (exact) mass is 231 g/mol. The first-order valence-corrected chi connectivity index (χ1v) is 5.40. The molecule has 0 saturated heterocycles. The molecule has 0 saturated carbocycles. The number of nitrogens with zero attached hydrogens (tertiary/aromatic N) is 2. The molecular weight excluding hydrogens is 210 g/mol. The van der Waals surface area contributed by atoms with Crippen LogP contribution < -0.4 is 5.32 Å². The number of rotatable bonds is 5. The number of aromatic nitrogens is 2. The summed E-state index contributed by atoms with van der Waals surface area (Å²) < 4.78 is 2.07. The predicted molar refractivity (Wildman–Crippen MR) is 66.6 cm³/mol. The van der Waals surface area contributed by atoms with Gasteiger partial charge < -0.3 is 5.32 Å². The minimum atomic E-state index is 0. The van der Waals surface area contributed by atoms with E-state index in [1.165, 1.54) is 17.7 Å². The van der Waals surface area contributed by atoms with Gasteiger partial charge in [-0.1, -0.05) is 6.92 Å². The lowest BCUT2D eigenvalue weighted by Crippen LogP contribution is -2.14. The van der Waals surface area contributed by atoms with Gasteiger partial charge in [0.1, 0.15) is 0 Å². The zero-order valence-electron chi connectivity index (χ0n) is 10.1. The van der Waals surface area contributed by atoms with Crippen LogP contribution in [0.2, 0.25) is 0 Å².